The molecular weight excluding hydrogens is 218 g/mol. The van der Waals surface area contributed by atoms with E-state index in [1.54, 1.807) is 13.2 Å². The molecule has 0 unspecified atom stereocenters. The van der Waals surface area contributed by atoms with Crippen molar-refractivity contribution < 1.29 is 9.47 Å². The van der Waals surface area contributed by atoms with Gasteiger partial charge in [0.05, 0.1) is 6.61 Å². The van der Waals surface area contributed by atoms with Gasteiger partial charge >= 0.3 is 0 Å². The Morgan fingerprint density at radius 1 is 1.35 bits per heavy atom. The Balaban J connectivity index is 2.66. The maximum atomic E-state index is 5.60. The Labute approximate surface area is 103 Å². The summed E-state index contributed by atoms with van der Waals surface area (Å²) >= 11 is 0. The summed E-state index contributed by atoms with van der Waals surface area (Å²) in [6.45, 7) is 5.39. The van der Waals surface area contributed by atoms with Gasteiger partial charge in [-0.05, 0) is 12.3 Å². The summed E-state index contributed by atoms with van der Waals surface area (Å²) in [6, 6.07) is 1.79. The van der Waals surface area contributed by atoms with Crippen LogP contribution in [0.1, 0.15) is 26.1 Å². The van der Waals surface area contributed by atoms with Gasteiger partial charge in [-0.25, -0.2) is 4.98 Å². The van der Waals surface area contributed by atoms with Gasteiger partial charge in [0.2, 0.25) is 5.88 Å². The van der Waals surface area contributed by atoms with Crippen LogP contribution in [0, 0.1) is 5.92 Å². The highest BCUT2D eigenvalue weighted by Crippen LogP contribution is 2.14. The summed E-state index contributed by atoms with van der Waals surface area (Å²) in [5.74, 6) is 2.58. The second kappa shape index (κ2) is 7.06. The van der Waals surface area contributed by atoms with Crippen LogP contribution in [0.4, 0.5) is 5.82 Å². The van der Waals surface area contributed by atoms with E-state index >= 15 is 0 Å². The van der Waals surface area contributed by atoms with Crippen molar-refractivity contribution in [2.45, 2.75) is 26.9 Å². The molecule has 1 heterocycles. The van der Waals surface area contributed by atoms with Crippen LogP contribution in [0.25, 0.3) is 0 Å². The van der Waals surface area contributed by atoms with Gasteiger partial charge in [-0.1, -0.05) is 13.8 Å². The van der Waals surface area contributed by atoms with Gasteiger partial charge in [0.1, 0.15) is 12.4 Å². The standard InChI is InChI=1S/C12H21N3O2/c1-9(2)5-6-17-12-7-10(13-3)14-11(15-12)8-16-4/h7,9H,5-6,8H2,1-4H3,(H,13,14,15). The van der Waals surface area contributed by atoms with Crippen molar-refractivity contribution in [2.24, 2.45) is 5.92 Å². The summed E-state index contributed by atoms with van der Waals surface area (Å²) in [5.41, 5.74) is 0. The van der Waals surface area contributed by atoms with Crippen LogP contribution >= 0.6 is 0 Å². The van der Waals surface area contributed by atoms with Crippen LogP contribution in [-0.2, 0) is 11.3 Å². The molecule has 0 fully saturated rings. The fourth-order valence-electron chi connectivity index (χ4n) is 1.27. The predicted octanol–water partition coefficient (Wildman–Crippen LogP) is 2.09. The molecule has 96 valence electrons. The number of methoxy groups -OCH3 is 1. The summed E-state index contributed by atoms with van der Waals surface area (Å²) in [4.78, 5) is 8.53. The maximum Gasteiger partial charge on any atom is 0.218 e. The molecule has 17 heavy (non-hydrogen) atoms. The highest BCUT2D eigenvalue weighted by molar-refractivity contribution is 5.37. The minimum Gasteiger partial charge on any atom is -0.478 e. The first-order valence-corrected chi connectivity index (χ1v) is 5.83. The van der Waals surface area contributed by atoms with Crippen molar-refractivity contribution in [3.8, 4) is 5.88 Å². The number of hydrogen-bond acceptors (Lipinski definition) is 5. The summed E-state index contributed by atoms with van der Waals surface area (Å²) in [5, 5.41) is 2.98. The van der Waals surface area contributed by atoms with Crippen molar-refractivity contribution in [3.05, 3.63) is 11.9 Å². The van der Waals surface area contributed by atoms with Crippen LogP contribution in [0.3, 0.4) is 0 Å². The van der Waals surface area contributed by atoms with Crippen LogP contribution < -0.4 is 10.1 Å². The topological polar surface area (TPSA) is 56.3 Å². The molecule has 0 amide bonds. The van der Waals surface area contributed by atoms with Gasteiger partial charge in [0.25, 0.3) is 0 Å². The molecular formula is C12H21N3O2. The number of nitrogens with zero attached hydrogens (tertiary/aromatic N) is 2. The summed E-state index contributed by atoms with van der Waals surface area (Å²) in [6.07, 6.45) is 1.01. The fraction of sp³-hybridized carbons (Fsp3) is 0.667. The SMILES string of the molecule is CNc1cc(OCCC(C)C)nc(COC)n1. The van der Waals surface area contributed by atoms with Crippen LogP contribution in [0.15, 0.2) is 6.07 Å². The molecule has 0 aliphatic carbocycles. The van der Waals surface area contributed by atoms with Crippen molar-refractivity contribution >= 4 is 5.82 Å². The van der Waals surface area contributed by atoms with E-state index in [2.05, 4.69) is 29.1 Å². The average Bonchev–Trinajstić information content (AvgIpc) is 2.28. The number of anilines is 1. The van der Waals surface area contributed by atoms with E-state index in [1.165, 1.54) is 0 Å². The molecule has 1 aromatic rings. The third kappa shape index (κ3) is 4.99. The van der Waals surface area contributed by atoms with E-state index in [1.807, 2.05) is 7.05 Å². The monoisotopic (exact) mass is 239 g/mol. The van der Waals surface area contributed by atoms with E-state index in [0.717, 1.165) is 12.2 Å². The molecule has 5 heteroatoms. The quantitative estimate of drug-likeness (QED) is 0.789. The van der Waals surface area contributed by atoms with Crippen molar-refractivity contribution in [1.29, 1.82) is 0 Å². The molecule has 0 aliphatic rings. The zero-order valence-electron chi connectivity index (χ0n) is 11.0. The third-order valence-electron chi connectivity index (χ3n) is 2.22. The number of ether oxygens (including phenoxy) is 2. The van der Waals surface area contributed by atoms with Gasteiger partial charge in [0, 0.05) is 20.2 Å². The van der Waals surface area contributed by atoms with Gasteiger partial charge in [0.15, 0.2) is 5.82 Å². The Morgan fingerprint density at radius 2 is 2.12 bits per heavy atom. The molecule has 0 spiro atoms. The van der Waals surface area contributed by atoms with Gasteiger partial charge in [-0.2, -0.15) is 4.98 Å². The largest absolute Gasteiger partial charge is 0.478 e. The van der Waals surface area contributed by atoms with Gasteiger partial charge in [-0.3, -0.25) is 0 Å². The average molecular weight is 239 g/mol. The van der Waals surface area contributed by atoms with Crippen molar-refractivity contribution in [1.82, 2.24) is 9.97 Å². The maximum absolute atomic E-state index is 5.60. The lowest BCUT2D eigenvalue weighted by Crippen LogP contribution is -2.07. The fourth-order valence-corrected chi connectivity index (χ4v) is 1.27. The third-order valence-corrected chi connectivity index (χ3v) is 2.22. The molecule has 1 N–H and O–H groups in total. The first-order valence-electron chi connectivity index (χ1n) is 5.83. The first-order chi connectivity index (χ1) is 8.15. The van der Waals surface area contributed by atoms with Crippen molar-refractivity contribution in [2.75, 3.05) is 26.1 Å². The van der Waals surface area contributed by atoms with E-state index < -0.39 is 0 Å². The molecule has 0 saturated heterocycles. The molecule has 0 aliphatic heterocycles. The summed E-state index contributed by atoms with van der Waals surface area (Å²) in [7, 11) is 3.44. The normalized spacial score (nSPS) is 10.6. The van der Waals surface area contributed by atoms with Gasteiger partial charge < -0.3 is 14.8 Å². The Bertz CT molecular complexity index is 343. The highest BCUT2D eigenvalue weighted by Gasteiger charge is 2.05. The molecule has 0 atom stereocenters. The van der Waals surface area contributed by atoms with E-state index in [9.17, 15) is 0 Å². The number of nitrogens with one attached hydrogen (secondary N) is 1. The highest BCUT2D eigenvalue weighted by atomic mass is 16.5. The Hall–Kier alpha value is -1.36. The van der Waals surface area contributed by atoms with Crippen LogP contribution in [0.5, 0.6) is 5.88 Å². The van der Waals surface area contributed by atoms with Crippen LogP contribution in [-0.4, -0.2) is 30.7 Å². The molecule has 1 aromatic heterocycles. The minimum absolute atomic E-state index is 0.385. The zero-order valence-corrected chi connectivity index (χ0v) is 11.0. The lowest BCUT2D eigenvalue weighted by molar-refractivity contribution is 0.176. The molecule has 0 radical (unpaired) electrons. The lowest BCUT2D eigenvalue weighted by Gasteiger charge is -2.10. The van der Waals surface area contributed by atoms with E-state index in [-0.39, 0.29) is 0 Å². The molecule has 0 bridgehead atoms. The van der Waals surface area contributed by atoms with Crippen LogP contribution in [0.2, 0.25) is 0 Å². The van der Waals surface area contributed by atoms with Gasteiger partial charge in [-0.15, -0.1) is 0 Å². The number of aromatic nitrogens is 2. The molecule has 1 rings (SSSR count). The molecule has 0 saturated carbocycles. The predicted molar refractivity (Wildman–Crippen MR) is 67.2 cm³/mol. The number of hydrogen-bond donors (Lipinski definition) is 1. The zero-order chi connectivity index (χ0) is 12.7. The summed E-state index contributed by atoms with van der Waals surface area (Å²) < 4.78 is 10.6. The second-order valence-electron chi connectivity index (χ2n) is 4.22. The smallest absolute Gasteiger partial charge is 0.218 e. The Morgan fingerprint density at radius 3 is 2.71 bits per heavy atom. The van der Waals surface area contributed by atoms with E-state index in [4.69, 9.17) is 9.47 Å². The van der Waals surface area contributed by atoms with E-state index in [0.29, 0.717) is 30.8 Å². The Kier molecular flexibility index (Phi) is 5.69. The molecule has 0 aromatic carbocycles. The van der Waals surface area contributed by atoms with Crippen molar-refractivity contribution in [3.63, 3.8) is 0 Å². The lowest BCUT2D eigenvalue weighted by atomic mass is 10.1. The second-order valence-corrected chi connectivity index (χ2v) is 4.22. The molecule has 5 nitrogen and oxygen atoms in total. The first kappa shape index (κ1) is 13.7. The number of rotatable bonds is 7. The minimum atomic E-state index is 0.385.